The number of rotatable bonds is 6. The summed E-state index contributed by atoms with van der Waals surface area (Å²) in [6.45, 7) is 3.01. The van der Waals surface area contributed by atoms with Gasteiger partial charge in [-0.3, -0.25) is 9.58 Å². The molecule has 1 aliphatic heterocycles. The lowest BCUT2D eigenvalue weighted by Gasteiger charge is -2.22. The summed E-state index contributed by atoms with van der Waals surface area (Å²) in [6, 6.07) is 8.45. The molecule has 2 heterocycles. The topological polar surface area (TPSA) is 50.5 Å². The second-order valence-corrected chi connectivity index (χ2v) is 5.66. The van der Waals surface area contributed by atoms with Gasteiger partial charge in [0.25, 0.3) is 0 Å². The molecule has 0 aliphatic carbocycles. The Morgan fingerprint density at radius 1 is 1.38 bits per heavy atom. The number of fused-ring (bicyclic) bond motifs is 1. The molecule has 5 heteroatoms. The SMILES string of the molecule is Cn1nc(OCCCN2CCCC2CO)c2ccccc21. The Morgan fingerprint density at radius 3 is 3.10 bits per heavy atom. The van der Waals surface area contributed by atoms with E-state index in [1.54, 1.807) is 0 Å². The summed E-state index contributed by atoms with van der Waals surface area (Å²) in [7, 11) is 1.94. The highest BCUT2D eigenvalue weighted by Crippen LogP contribution is 2.24. The van der Waals surface area contributed by atoms with Crippen LogP contribution in [0.5, 0.6) is 5.88 Å². The van der Waals surface area contributed by atoms with Crippen LogP contribution in [0, 0.1) is 0 Å². The van der Waals surface area contributed by atoms with Gasteiger partial charge in [-0.25, -0.2) is 0 Å². The molecule has 1 unspecified atom stereocenters. The van der Waals surface area contributed by atoms with Crippen LogP contribution >= 0.6 is 0 Å². The van der Waals surface area contributed by atoms with Crippen molar-refractivity contribution in [3.63, 3.8) is 0 Å². The molecule has 21 heavy (non-hydrogen) atoms. The molecule has 5 nitrogen and oxygen atoms in total. The van der Waals surface area contributed by atoms with Crippen molar-refractivity contribution in [2.24, 2.45) is 7.05 Å². The molecule has 0 amide bonds. The van der Waals surface area contributed by atoms with E-state index in [1.807, 2.05) is 36.0 Å². The van der Waals surface area contributed by atoms with E-state index < -0.39 is 0 Å². The third-order valence-corrected chi connectivity index (χ3v) is 4.26. The molecule has 0 saturated carbocycles. The van der Waals surface area contributed by atoms with Gasteiger partial charge in [-0.2, -0.15) is 0 Å². The van der Waals surface area contributed by atoms with Crippen molar-refractivity contribution in [3.8, 4) is 5.88 Å². The third-order valence-electron chi connectivity index (χ3n) is 4.26. The van der Waals surface area contributed by atoms with Gasteiger partial charge in [-0.15, -0.1) is 5.10 Å². The van der Waals surface area contributed by atoms with Crippen molar-refractivity contribution >= 4 is 10.9 Å². The van der Waals surface area contributed by atoms with E-state index >= 15 is 0 Å². The monoisotopic (exact) mass is 289 g/mol. The number of aromatic nitrogens is 2. The molecule has 1 saturated heterocycles. The van der Waals surface area contributed by atoms with Crippen LogP contribution < -0.4 is 4.74 Å². The molecule has 1 fully saturated rings. The third kappa shape index (κ3) is 3.04. The molecule has 2 aromatic rings. The summed E-state index contributed by atoms with van der Waals surface area (Å²) in [5.41, 5.74) is 1.09. The lowest BCUT2D eigenvalue weighted by atomic mass is 10.2. The fourth-order valence-electron chi connectivity index (χ4n) is 3.12. The van der Waals surface area contributed by atoms with Crippen molar-refractivity contribution < 1.29 is 9.84 Å². The minimum absolute atomic E-state index is 0.270. The molecule has 0 spiro atoms. The van der Waals surface area contributed by atoms with E-state index in [4.69, 9.17) is 4.74 Å². The normalized spacial score (nSPS) is 19.4. The molecule has 114 valence electrons. The summed E-state index contributed by atoms with van der Waals surface area (Å²) < 4.78 is 7.70. The van der Waals surface area contributed by atoms with Gasteiger partial charge >= 0.3 is 0 Å². The summed E-state index contributed by atoms with van der Waals surface area (Å²) >= 11 is 0. The number of aliphatic hydroxyl groups excluding tert-OH is 1. The number of para-hydroxylation sites is 1. The molecule has 0 bridgehead atoms. The van der Waals surface area contributed by atoms with Gasteiger partial charge in [-0.05, 0) is 37.9 Å². The van der Waals surface area contributed by atoms with Crippen LogP contribution in [0.4, 0.5) is 0 Å². The Morgan fingerprint density at radius 2 is 2.24 bits per heavy atom. The smallest absolute Gasteiger partial charge is 0.240 e. The van der Waals surface area contributed by atoms with E-state index in [9.17, 15) is 5.11 Å². The van der Waals surface area contributed by atoms with E-state index in [0.717, 1.165) is 36.8 Å². The zero-order valence-corrected chi connectivity index (χ0v) is 12.5. The van der Waals surface area contributed by atoms with Gasteiger partial charge < -0.3 is 9.84 Å². The first-order chi connectivity index (χ1) is 10.3. The van der Waals surface area contributed by atoms with Crippen molar-refractivity contribution in [1.29, 1.82) is 0 Å². The van der Waals surface area contributed by atoms with Gasteiger partial charge in [0.05, 0.1) is 24.1 Å². The van der Waals surface area contributed by atoms with Crippen LogP contribution in [-0.4, -0.2) is 52.1 Å². The lowest BCUT2D eigenvalue weighted by Crippen LogP contribution is -2.33. The van der Waals surface area contributed by atoms with Crippen LogP contribution in [0.3, 0.4) is 0 Å². The summed E-state index contributed by atoms with van der Waals surface area (Å²) in [5, 5.41) is 14.8. The second kappa shape index (κ2) is 6.45. The largest absolute Gasteiger partial charge is 0.476 e. The van der Waals surface area contributed by atoms with Crippen LogP contribution in [0.15, 0.2) is 24.3 Å². The van der Waals surface area contributed by atoms with Crippen LogP contribution in [-0.2, 0) is 7.05 Å². The predicted octanol–water partition coefficient (Wildman–Crippen LogP) is 1.80. The highest BCUT2D eigenvalue weighted by atomic mass is 16.5. The zero-order valence-electron chi connectivity index (χ0n) is 12.5. The summed E-state index contributed by atoms with van der Waals surface area (Å²) in [4.78, 5) is 2.36. The fourth-order valence-corrected chi connectivity index (χ4v) is 3.12. The lowest BCUT2D eigenvalue weighted by molar-refractivity contribution is 0.150. The highest BCUT2D eigenvalue weighted by molar-refractivity contribution is 5.84. The number of hydrogen-bond donors (Lipinski definition) is 1. The number of ether oxygens (including phenoxy) is 1. The van der Waals surface area contributed by atoms with Crippen LogP contribution in [0.1, 0.15) is 19.3 Å². The quantitative estimate of drug-likeness (QED) is 0.824. The number of hydrogen-bond acceptors (Lipinski definition) is 4. The number of nitrogens with zero attached hydrogens (tertiary/aromatic N) is 3. The standard InChI is InChI=1S/C16H23N3O2/c1-18-15-8-3-2-7-14(15)16(17-18)21-11-5-10-19-9-4-6-13(19)12-20/h2-3,7-8,13,20H,4-6,9-12H2,1H3. The number of aryl methyl sites for hydroxylation is 1. The minimum Gasteiger partial charge on any atom is -0.476 e. The van der Waals surface area contributed by atoms with Crippen LogP contribution in [0.25, 0.3) is 10.9 Å². The van der Waals surface area contributed by atoms with Crippen molar-refractivity contribution in [2.75, 3.05) is 26.3 Å². The second-order valence-electron chi connectivity index (χ2n) is 5.66. The van der Waals surface area contributed by atoms with E-state index in [2.05, 4.69) is 10.00 Å². The first-order valence-corrected chi connectivity index (χ1v) is 7.69. The van der Waals surface area contributed by atoms with Gasteiger partial charge in [-0.1, -0.05) is 12.1 Å². The molecule has 1 atom stereocenters. The maximum atomic E-state index is 9.31. The first-order valence-electron chi connectivity index (χ1n) is 7.69. The summed E-state index contributed by atoms with van der Waals surface area (Å²) in [6.07, 6.45) is 3.26. The summed E-state index contributed by atoms with van der Waals surface area (Å²) in [5.74, 6) is 0.716. The predicted molar refractivity (Wildman–Crippen MR) is 82.5 cm³/mol. The Kier molecular flexibility index (Phi) is 4.41. The number of likely N-dealkylation sites (tertiary alicyclic amines) is 1. The highest BCUT2D eigenvalue weighted by Gasteiger charge is 2.22. The van der Waals surface area contributed by atoms with Gasteiger partial charge in [0, 0.05) is 19.6 Å². The molecule has 1 aromatic carbocycles. The molecule has 1 aliphatic rings. The van der Waals surface area contributed by atoms with Crippen LogP contribution in [0.2, 0.25) is 0 Å². The average molecular weight is 289 g/mol. The molecular weight excluding hydrogens is 266 g/mol. The fraction of sp³-hybridized carbons (Fsp3) is 0.562. The van der Waals surface area contributed by atoms with E-state index in [1.165, 1.54) is 6.42 Å². The maximum Gasteiger partial charge on any atom is 0.240 e. The Bertz CT molecular complexity index is 596. The maximum absolute atomic E-state index is 9.31. The first kappa shape index (κ1) is 14.4. The molecule has 3 rings (SSSR count). The van der Waals surface area contributed by atoms with Gasteiger partial charge in [0.2, 0.25) is 5.88 Å². The number of aliphatic hydroxyl groups is 1. The number of benzene rings is 1. The minimum atomic E-state index is 0.270. The molecule has 1 aromatic heterocycles. The molecule has 1 N–H and O–H groups in total. The van der Waals surface area contributed by atoms with Crippen molar-refractivity contribution in [2.45, 2.75) is 25.3 Å². The molecule has 0 radical (unpaired) electrons. The van der Waals surface area contributed by atoms with E-state index in [-0.39, 0.29) is 6.61 Å². The van der Waals surface area contributed by atoms with Crippen molar-refractivity contribution in [3.05, 3.63) is 24.3 Å². The Labute approximate surface area is 125 Å². The van der Waals surface area contributed by atoms with Crippen molar-refractivity contribution in [1.82, 2.24) is 14.7 Å². The average Bonchev–Trinajstić information content (AvgIpc) is 3.09. The Balaban J connectivity index is 1.53. The molecular formula is C16H23N3O2. The van der Waals surface area contributed by atoms with Gasteiger partial charge in [0.1, 0.15) is 0 Å². The van der Waals surface area contributed by atoms with Gasteiger partial charge in [0.15, 0.2) is 0 Å². The Hall–Kier alpha value is -1.59. The zero-order chi connectivity index (χ0) is 14.7. The van der Waals surface area contributed by atoms with E-state index in [0.29, 0.717) is 18.5 Å².